The van der Waals surface area contributed by atoms with Crippen LogP contribution in [0.2, 0.25) is 0 Å². The molecule has 2 aliphatic rings. The predicted molar refractivity (Wildman–Crippen MR) is 50.6 cm³/mol. The van der Waals surface area contributed by atoms with Gasteiger partial charge in [0.1, 0.15) is 11.7 Å². The van der Waals surface area contributed by atoms with E-state index < -0.39 is 5.92 Å². The Labute approximate surface area is 83.8 Å². The van der Waals surface area contributed by atoms with Crippen LogP contribution in [0.5, 0.6) is 0 Å². The van der Waals surface area contributed by atoms with Gasteiger partial charge in [0.15, 0.2) is 0 Å². The minimum absolute atomic E-state index is 0.113. The lowest BCUT2D eigenvalue weighted by atomic mass is 9.79. The van der Waals surface area contributed by atoms with E-state index in [-0.39, 0.29) is 17.7 Å². The van der Waals surface area contributed by atoms with Gasteiger partial charge in [-0.3, -0.25) is 9.59 Å². The molecule has 3 heteroatoms. The fourth-order valence-corrected chi connectivity index (χ4v) is 2.83. The van der Waals surface area contributed by atoms with Crippen LogP contribution in [0.1, 0.15) is 32.6 Å². The van der Waals surface area contributed by atoms with E-state index in [0.29, 0.717) is 18.9 Å². The number of ether oxygens (including phenoxy) is 1. The molecule has 3 atom stereocenters. The molecular formula is C11H16O3. The van der Waals surface area contributed by atoms with Crippen LogP contribution in [0, 0.1) is 17.8 Å². The number of carbonyl (C=O) groups excluding carboxylic acids is 2. The van der Waals surface area contributed by atoms with E-state index in [0.717, 1.165) is 19.3 Å². The normalized spacial score (nSPS) is 35.8. The molecule has 2 fully saturated rings. The average molecular weight is 196 g/mol. The van der Waals surface area contributed by atoms with Crippen LogP contribution >= 0.6 is 0 Å². The van der Waals surface area contributed by atoms with Crippen molar-refractivity contribution >= 4 is 11.8 Å². The van der Waals surface area contributed by atoms with Crippen LogP contribution in [-0.2, 0) is 14.3 Å². The van der Waals surface area contributed by atoms with Gasteiger partial charge in [0.25, 0.3) is 0 Å². The van der Waals surface area contributed by atoms with Crippen LogP contribution in [-0.4, -0.2) is 18.4 Å². The molecule has 0 aromatic rings. The van der Waals surface area contributed by atoms with Gasteiger partial charge in [0.2, 0.25) is 0 Å². The summed E-state index contributed by atoms with van der Waals surface area (Å²) in [5.74, 6) is 0.220. The number of fused-ring (bicyclic) bond motifs is 2. The molecule has 2 unspecified atom stereocenters. The van der Waals surface area contributed by atoms with Crippen molar-refractivity contribution in [3.05, 3.63) is 0 Å². The topological polar surface area (TPSA) is 43.4 Å². The summed E-state index contributed by atoms with van der Waals surface area (Å²) in [5.41, 5.74) is 0. The zero-order valence-electron chi connectivity index (χ0n) is 8.49. The molecule has 2 aliphatic carbocycles. The molecule has 0 aromatic carbocycles. The Kier molecular flexibility index (Phi) is 2.57. The number of rotatable bonds is 2. The Balaban J connectivity index is 2.08. The Morgan fingerprint density at radius 3 is 3.00 bits per heavy atom. The van der Waals surface area contributed by atoms with Crippen molar-refractivity contribution in [1.82, 2.24) is 0 Å². The van der Waals surface area contributed by atoms with Crippen LogP contribution in [0.15, 0.2) is 0 Å². The van der Waals surface area contributed by atoms with Crippen molar-refractivity contribution in [1.29, 1.82) is 0 Å². The molecular weight excluding hydrogens is 180 g/mol. The molecule has 2 saturated carbocycles. The van der Waals surface area contributed by atoms with Gasteiger partial charge in [-0.25, -0.2) is 0 Å². The fraction of sp³-hybridized carbons (Fsp3) is 0.818. The maximum absolute atomic E-state index is 11.7. The standard InChI is InChI=1S/C11H16O3/c1-2-14-11(13)10-8-4-3-7(5-8)6-9(10)12/h7-8,10H,2-6H2,1H3/t7?,8-,10?/m1/s1. The van der Waals surface area contributed by atoms with Crippen molar-refractivity contribution in [2.75, 3.05) is 6.61 Å². The lowest BCUT2D eigenvalue weighted by Gasteiger charge is -2.25. The van der Waals surface area contributed by atoms with Gasteiger partial charge in [-0.1, -0.05) is 0 Å². The van der Waals surface area contributed by atoms with Crippen LogP contribution in [0.3, 0.4) is 0 Å². The Hall–Kier alpha value is -0.860. The minimum atomic E-state index is -0.436. The van der Waals surface area contributed by atoms with Gasteiger partial charge < -0.3 is 4.74 Å². The number of esters is 1. The number of hydrogen-bond acceptors (Lipinski definition) is 3. The van der Waals surface area contributed by atoms with Crippen LogP contribution in [0.4, 0.5) is 0 Å². The third kappa shape index (κ3) is 1.56. The highest BCUT2D eigenvalue weighted by atomic mass is 16.5. The van der Waals surface area contributed by atoms with Gasteiger partial charge in [-0.05, 0) is 38.0 Å². The van der Waals surface area contributed by atoms with E-state index in [9.17, 15) is 9.59 Å². The summed E-state index contributed by atoms with van der Waals surface area (Å²) in [6.07, 6.45) is 3.79. The van der Waals surface area contributed by atoms with Crippen molar-refractivity contribution in [3.8, 4) is 0 Å². The fourth-order valence-electron chi connectivity index (χ4n) is 2.83. The zero-order chi connectivity index (χ0) is 10.1. The molecule has 0 amide bonds. The first-order valence-electron chi connectivity index (χ1n) is 5.41. The van der Waals surface area contributed by atoms with E-state index in [1.165, 1.54) is 0 Å². The van der Waals surface area contributed by atoms with E-state index in [4.69, 9.17) is 4.74 Å². The predicted octanol–water partition coefficient (Wildman–Crippen LogP) is 1.55. The maximum atomic E-state index is 11.7. The Bertz CT molecular complexity index is 259. The Morgan fingerprint density at radius 1 is 1.50 bits per heavy atom. The molecule has 2 bridgehead atoms. The van der Waals surface area contributed by atoms with Gasteiger partial charge in [-0.2, -0.15) is 0 Å². The van der Waals surface area contributed by atoms with Crippen LogP contribution < -0.4 is 0 Å². The van der Waals surface area contributed by atoms with Crippen molar-refractivity contribution in [2.24, 2.45) is 17.8 Å². The summed E-state index contributed by atoms with van der Waals surface area (Å²) in [5, 5.41) is 0. The molecule has 0 spiro atoms. The number of hydrogen-bond donors (Lipinski definition) is 0. The first-order chi connectivity index (χ1) is 6.72. The molecule has 0 N–H and O–H groups in total. The van der Waals surface area contributed by atoms with Gasteiger partial charge >= 0.3 is 5.97 Å². The second-order valence-corrected chi connectivity index (χ2v) is 4.34. The summed E-state index contributed by atoms with van der Waals surface area (Å²) < 4.78 is 4.94. The van der Waals surface area contributed by atoms with Crippen molar-refractivity contribution in [3.63, 3.8) is 0 Å². The highest BCUT2D eigenvalue weighted by molar-refractivity contribution is 6.00. The molecule has 0 heterocycles. The Morgan fingerprint density at radius 2 is 2.29 bits per heavy atom. The highest BCUT2D eigenvalue weighted by Gasteiger charge is 2.45. The number of Topliss-reactive ketones (excluding diaryl/α,β-unsaturated/α-hetero) is 1. The van der Waals surface area contributed by atoms with Gasteiger partial charge in [0.05, 0.1) is 6.61 Å². The third-order valence-corrected chi connectivity index (χ3v) is 3.43. The minimum Gasteiger partial charge on any atom is -0.465 e. The highest BCUT2D eigenvalue weighted by Crippen LogP contribution is 2.43. The molecule has 78 valence electrons. The molecule has 2 rings (SSSR count). The smallest absolute Gasteiger partial charge is 0.316 e. The first-order valence-corrected chi connectivity index (χ1v) is 5.41. The van der Waals surface area contributed by atoms with Crippen LogP contribution in [0.25, 0.3) is 0 Å². The molecule has 0 aliphatic heterocycles. The molecule has 0 aromatic heterocycles. The van der Waals surface area contributed by atoms with E-state index >= 15 is 0 Å². The third-order valence-electron chi connectivity index (χ3n) is 3.43. The van der Waals surface area contributed by atoms with Crippen molar-refractivity contribution in [2.45, 2.75) is 32.6 Å². The quantitative estimate of drug-likeness (QED) is 0.497. The number of carbonyl (C=O) groups is 2. The van der Waals surface area contributed by atoms with Gasteiger partial charge in [0, 0.05) is 6.42 Å². The molecule has 14 heavy (non-hydrogen) atoms. The summed E-state index contributed by atoms with van der Waals surface area (Å²) >= 11 is 0. The summed E-state index contributed by atoms with van der Waals surface area (Å²) in [4.78, 5) is 23.2. The maximum Gasteiger partial charge on any atom is 0.316 e. The SMILES string of the molecule is CCOC(=O)C1C(=O)CC2CC[C@@H]1C2. The molecule has 0 radical (unpaired) electrons. The second kappa shape index (κ2) is 3.71. The zero-order valence-corrected chi connectivity index (χ0v) is 8.49. The lowest BCUT2D eigenvalue weighted by Crippen LogP contribution is -2.35. The molecule has 0 saturated heterocycles. The second-order valence-electron chi connectivity index (χ2n) is 4.34. The monoisotopic (exact) mass is 196 g/mol. The summed E-state index contributed by atoms with van der Waals surface area (Å²) in [6.45, 7) is 2.15. The number of ketones is 1. The summed E-state index contributed by atoms with van der Waals surface area (Å²) in [6, 6.07) is 0. The van der Waals surface area contributed by atoms with Crippen molar-refractivity contribution < 1.29 is 14.3 Å². The largest absolute Gasteiger partial charge is 0.465 e. The lowest BCUT2D eigenvalue weighted by molar-refractivity contribution is -0.155. The molecule has 3 nitrogen and oxygen atoms in total. The van der Waals surface area contributed by atoms with Gasteiger partial charge in [-0.15, -0.1) is 0 Å². The average Bonchev–Trinajstić information content (AvgIpc) is 2.48. The van der Waals surface area contributed by atoms with E-state index in [1.54, 1.807) is 6.92 Å². The first kappa shape index (κ1) is 9.69. The van der Waals surface area contributed by atoms with E-state index in [2.05, 4.69) is 0 Å². The van der Waals surface area contributed by atoms with E-state index in [1.807, 2.05) is 0 Å². The summed E-state index contributed by atoms with van der Waals surface area (Å²) in [7, 11) is 0.